The van der Waals surface area contributed by atoms with E-state index in [2.05, 4.69) is 31.0 Å². The molecule has 0 atom stereocenters. The molecule has 0 aliphatic heterocycles. The molecule has 2 rings (SSSR count). The largest absolute Gasteiger partial charge is 0.493 e. The number of nitrogens with one attached hydrogen (secondary N) is 1. The van der Waals surface area contributed by atoms with Gasteiger partial charge in [0.15, 0.2) is 16.1 Å². The Balaban J connectivity index is 2.38. The van der Waals surface area contributed by atoms with Crippen molar-refractivity contribution in [2.75, 3.05) is 18.9 Å². The zero-order valence-electron chi connectivity index (χ0n) is 11.5. The molecule has 0 aliphatic carbocycles. The average molecular weight is 377 g/mol. The van der Waals surface area contributed by atoms with Gasteiger partial charge in [0.2, 0.25) is 5.03 Å². The van der Waals surface area contributed by atoms with E-state index in [1.807, 2.05) is 0 Å². The molecule has 8 nitrogen and oxygen atoms in total. The molecule has 0 radical (unpaired) electrons. The summed E-state index contributed by atoms with van der Waals surface area (Å²) in [6, 6.07) is 4.69. The van der Waals surface area contributed by atoms with E-state index < -0.39 is 10.0 Å². The third-order valence-electron chi connectivity index (χ3n) is 2.63. The number of sulfonamides is 1. The fraction of sp³-hybridized carbons (Fsp3) is 0.273. The van der Waals surface area contributed by atoms with E-state index in [1.54, 1.807) is 12.1 Å². The van der Waals surface area contributed by atoms with Crippen LogP contribution in [0.15, 0.2) is 27.8 Å². The van der Waals surface area contributed by atoms with Crippen LogP contribution in [0.2, 0.25) is 0 Å². The predicted octanol–water partition coefficient (Wildman–Crippen LogP) is 1.40. The van der Waals surface area contributed by atoms with Gasteiger partial charge in [-0.2, -0.15) is 8.42 Å². The quantitative estimate of drug-likeness (QED) is 0.846. The van der Waals surface area contributed by atoms with Crippen LogP contribution in [0.25, 0.3) is 0 Å². The molecular weight excluding hydrogens is 364 g/mol. The Labute approximate surface area is 130 Å². The third kappa shape index (κ3) is 3.10. The predicted molar refractivity (Wildman–Crippen MR) is 79.1 cm³/mol. The second-order valence-electron chi connectivity index (χ2n) is 3.98. The highest BCUT2D eigenvalue weighted by Crippen LogP contribution is 2.31. The smallest absolute Gasteiger partial charge is 0.281 e. The molecule has 0 bridgehead atoms. The van der Waals surface area contributed by atoms with Crippen LogP contribution < -0.4 is 14.2 Å². The average Bonchev–Trinajstić information content (AvgIpc) is 2.78. The summed E-state index contributed by atoms with van der Waals surface area (Å²) >= 11 is 3.06. The lowest BCUT2D eigenvalue weighted by Crippen LogP contribution is -2.17. The Bertz CT molecular complexity index is 740. The van der Waals surface area contributed by atoms with E-state index >= 15 is 0 Å². The molecule has 1 aromatic heterocycles. The van der Waals surface area contributed by atoms with E-state index in [4.69, 9.17) is 9.47 Å². The van der Waals surface area contributed by atoms with E-state index in [0.717, 1.165) is 4.68 Å². The van der Waals surface area contributed by atoms with Crippen molar-refractivity contribution < 1.29 is 17.9 Å². The van der Waals surface area contributed by atoms with Crippen molar-refractivity contribution in [3.8, 4) is 11.5 Å². The lowest BCUT2D eigenvalue weighted by Gasteiger charge is -2.11. The second-order valence-corrected chi connectivity index (χ2v) is 6.33. The van der Waals surface area contributed by atoms with Gasteiger partial charge >= 0.3 is 0 Å². The fourth-order valence-corrected chi connectivity index (χ4v) is 3.86. The van der Waals surface area contributed by atoms with Gasteiger partial charge in [0.1, 0.15) is 0 Å². The maximum atomic E-state index is 12.3. The van der Waals surface area contributed by atoms with Gasteiger partial charge in [-0.1, -0.05) is 5.21 Å². The maximum absolute atomic E-state index is 12.3. The number of hydrogen-bond donors (Lipinski definition) is 1. The minimum Gasteiger partial charge on any atom is -0.493 e. The Hall–Kier alpha value is -1.81. The summed E-state index contributed by atoms with van der Waals surface area (Å²) in [5.74, 6) is 0.920. The van der Waals surface area contributed by atoms with Crippen molar-refractivity contribution in [2.24, 2.45) is 7.05 Å². The van der Waals surface area contributed by atoms with E-state index in [9.17, 15) is 8.42 Å². The monoisotopic (exact) mass is 376 g/mol. The lowest BCUT2D eigenvalue weighted by atomic mass is 10.3. The molecule has 0 fully saturated rings. The van der Waals surface area contributed by atoms with Gasteiger partial charge in [-0.05, 0) is 28.1 Å². The standard InChI is InChI=1S/C11H13BrN4O4S/c1-16-11(10(12)13-15-16)21(17,18)14-7-4-5-8(19-2)9(6-7)20-3/h4-6,14H,1-3H3. The number of anilines is 1. The fourth-order valence-electron chi connectivity index (χ4n) is 1.71. The number of methoxy groups -OCH3 is 2. The Morgan fingerprint density at radius 3 is 2.43 bits per heavy atom. The van der Waals surface area contributed by atoms with Crippen LogP contribution in [0.5, 0.6) is 11.5 Å². The first kappa shape index (κ1) is 15.6. The highest BCUT2D eigenvalue weighted by atomic mass is 79.9. The summed E-state index contributed by atoms with van der Waals surface area (Å²) in [6.45, 7) is 0. The first-order valence-corrected chi connectivity index (χ1v) is 7.96. The summed E-state index contributed by atoms with van der Waals surface area (Å²) in [6.07, 6.45) is 0. The number of hydrogen-bond acceptors (Lipinski definition) is 6. The molecule has 21 heavy (non-hydrogen) atoms. The van der Waals surface area contributed by atoms with Crippen LogP contribution in [0, 0.1) is 0 Å². The van der Waals surface area contributed by atoms with Crippen molar-refractivity contribution in [3.05, 3.63) is 22.8 Å². The molecule has 1 N–H and O–H groups in total. The minimum absolute atomic E-state index is 0.0720. The van der Waals surface area contributed by atoms with Crippen LogP contribution in [0.3, 0.4) is 0 Å². The highest BCUT2D eigenvalue weighted by molar-refractivity contribution is 9.10. The number of aromatic nitrogens is 3. The third-order valence-corrected chi connectivity index (χ3v) is 4.90. The van der Waals surface area contributed by atoms with Gasteiger partial charge in [0.25, 0.3) is 10.0 Å². The van der Waals surface area contributed by atoms with E-state index in [-0.39, 0.29) is 9.63 Å². The van der Waals surface area contributed by atoms with Crippen LogP contribution in [-0.4, -0.2) is 37.6 Å². The Morgan fingerprint density at radius 2 is 1.90 bits per heavy atom. The van der Waals surface area contributed by atoms with Crippen LogP contribution >= 0.6 is 15.9 Å². The number of aryl methyl sites for hydroxylation is 1. The van der Waals surface area contributed by atoms with Gasteiger partial charge in [-0.25, -0.2) is 4.68 Å². The van der Waals surface area contributed by atoms with Gasteiger partial charge < -0.3 is 9.47 Å². The summed E-state index contributed by atoms with van der Waals surface area (Å²) in [5.41, 5.74) is 0.334. The molecule has 0 amide bonds. The topological polar surface area (TPSA) is 95.3 Å². The molecular formula is C11H13BrN4O4S. The molecule has 1 aromatic carbocycles. The van der Waals surface area contributed by atoms with Crippen molar-refractivity contribution >= 4 is 31.6 Å². The summed E-state index contributed by atoms with van der Waals surface area (Å²) in [5, 5.41) is 7.22. The van der Waals surface area contributed by atoms with Gasteiger partial charge in [-0.15, -0.1) is 5.10 Å². The van der Waals surface area contributed by atoms with E-state index in [0.29, 0.717) is 17.2 Å². The van der Waals surface area contributed by atoms with Crippen molar-refractivity contribution in [3.63, 3.8) is 0 Å². The maximum Gasteiger partial charge on any atom is 0.281 e. The highest BCUT2D eigenvalue weighted by Gasteiger charge is 2.24. The molecule has 1 heterocycles. The number of rotatable bonds is 5. The first-order valence-electron chi connectivity index (χ1n) is 5.69. The minimum atomic E-state index is -3.83. The molecule has 114 valence electrons. The SMILES string of the molecule is COc1ccc(NS(=O)(=O)c2c(Br)nnn2C)cc1OC. The Kier molecular flexibility index (Phi) is 4.37. The molecule has 0 unspecified atom stereocenters. The van der Waals surface area contributed by atoms with Crippen LogP contribution in [-0.2, 0) is 17.1 Å². The normalized spacial score (nSPS) is 11.2. The van der Waals surface area contributed by atoms with Gasteiger partial charge in [-0.3, -0.25) is 4.72 Å². The first-order chi connectivity index (χ1) is 9.89. The van der Waals surface area contributed by atoms with Crippen molar-refractivity contribution in [1.82, 2.24) is 15.0 Å². The van der Waals surface area contributed by atoms with Gasteiger partial charge in [0, 0.05) is 13.1 Å². The molecule has 0 aliphatic rings. The molecule has 2 aromatic rings. The van der Waals surface area contributed by atoms with Crippen molar-refractivity contribution in [2.45, 2.75) is 5.03 Å². The van der Waals surface area contributed by atoms with E-state index in [1.165, 1.54) is 27.3 Å². The molecule has 0 spiro atoms. The number of nitrogens with zero attached hydrogens (tertiary/aromatic N) is 3. The second kappa shape index (κ2) is 5.90. The summed E-state index contributed by atoms with van der Waals surface area (Å²) in [7, 11) is 0.626. The van der Waals surface area contributed by atoms with Gasteiger partial charge in [0.05, 0.1) is 19.9 Å². The molecule has 0 saturated heterocycles. The van der Waals surface area contributed by atoms with Crippen molar-refractivity contribution in [1.29, 1.82) is 0 Å². The number of ether oxygens (including phenoxy) is 2. The Morgan fingerprint density at radius 1 is 1.24 bits per heavy atom. The van der Waals surface area contributed by atoms with Crippen LogP contribution in [0.1, 0.15) is 0 Å². The summed E-state index contributed by atoms with van der Waals surface area (Å²) in [4.78, 5) is 0. The number of benzene rings is 1. The molecule has 0 saturated carbocycles. The summed E-state index contributed by atoms with van der Waals surface area (Å²) < 4.78 is 38.6. The molecule has 10 heteroatoms. The lowest BCUT2D eigenvalue weighted by molar-refractivity contribution is 0.355. The number of halogens is 1. The zero-order chi connectivity index (χ0) is 15.6. The van der Waals surface area contributed by atoms with Crippen LogP contribution in [0.4, 0.5) is 5.69 Å². The zero-order valence-corrected chi connectivity index (χ0v) is 13.9.